The summed E-state index contributed by atoms with van der Waals surface area (Å²) < 4.78 is 0. The van der Waals surface area contributed by atoms with Crippen LogP contribution in [0.2, 0.25) is 0 Å². The predicted octanol–water partition coefficient (Wildman–Crippen LogP) is 1.12. The van der Waals surface area contributed by atoms with Crippen LogP contribution < -0.4 is 0 Å². The Balaban J connectivity index is 2.27. The molecule has 0 bridgehead atoms. The summed E-state index contributed by atoms with van der Waals surface area (Å²) in [6.07, 6.45) is 2.59. The SMILES string of the molecule is CC(C)CN(CCN1CCCC1)CC(=O)O. The molecule has 0 amide bonds. The van der Waals surface area contributed by atoms with E-state index in [0.29, 0.717) is 5.92 Å². The van der Waals surface area contributed by atoms with Gasteiger partial charge in [0.05, 0.1) is 6.54 Å². The van der Waals surface area contributed by atoms with Crippen LogP contribution in [0, 0.1) is 5.92 Å². The van der Waals surface area contributed by atoms with Crippen molar-refractivity contribution >= 4 is 5.97 Å². The topological polar surface area (TPSA) is 43.8 Å². The Morgan fingerprint density at radius 2 is 2.00 bits per heavy atom. The van der Waals surface area contributed by atoms with Crippen molar-refractivity contribution in [2.75, 3.05) is 39.3 Å². The minimum absolute atomic E-state index is 0.173. The lowest BCUT2D eigenvalue weighted by molar-refractivity contribution is -0.138. The minimum Gasteiger partial charge on any atom is -0.480 e. The van der Waals surface area contributed by atoms with Crippen LogP contribution in [0.25, 0.3) is 0 Å². The van der Waals surface area contributed by atoms with E-state index in [4.69, 9.17) is 5.11 Å². The van der Waals surface area contributed by atoms with Crippen molar-refractivity contribution in [2.24, 2.45) is 5.92 Å². The van der Waals surface area contributed by atoms with E-state index in [1.54, 1.807) is 0 Å². The van der Waals surface area contributed by atoms with E-state index in [1.165, 1.54) is 25.9 Å². The fourth-order valence-electron chi connectivity index (χ4n) is 2.23. The van der Waals surface area contributed by atoms with Crippen molar-refractivity contribution < 1.29 is 9.90 Å². The van der Waals surface area contributed by atoms with Crippen LogP contribution in [-0.4, -0.2) is 60.1 Å². The van der Waals surface area contributed by atoms with Crippen LogP contribution in [0.4, 0.5) is 0 Å². The number of likely N-dealkylation sites (tertiary alicyclic amines) is 1. The molecule has 0 saturated carbocycles. The second-order valence-corrected chi connectivity index (χ2v) is 5.07. The molecule has 1 aliphatic heterocycles. The molecular weight excluding hydrogens is 204 g/mol. The zero-order valence-corrected chi connectivity index (χ0v) is 10.5. The highest BCUT2D eigenvalue weighted by Crippen LogP contribution is 2.07. The van der Waals surface area contributed by atoms with Gasteiger partial charge in [0.25, 0.3) is 0 Å². The molecule has 1 rings (SSSR count). The Hall–Kier alpha value is -0.610. The number of carboxylic acids is 1. The zero-order chi connectivity index (χ0) is 12.0. The zero-order valence-electron chi connectivity index (χ0n) is 10.5. The van der Waals surface area contributed by atoms with E-state index in [1.807, 2.05) is 4.90 Å². The highest BCUT2D eigenvalue weighted by Gasteiger charge is 2.15. The van der Waals surface area contributed by atoms with E-state index in [0.717, 1.165) is 19.6 Å². The third kappa shape index (κ3) is 5.47. The summed E-state index contributed by atoms with van der Waals surface area (Å²) in [5.41, 5.74) is 0. The smallest absolute Gasteiger partial charge is 0.317 e. The van der Waals surface area contributed by atoms with E-state index in [9.17, 15) is 4.79 Å². The molecule has 4 nitrogen and oxygen atoms in total. The quantitative estimate of drug-likeness (QED) is 0.709. The maximum absolute atomic E-state index is 10.7. The maximum Gasteiger partial charge on any atom is 0.317 e. The number of rotatable bonds is 7. The molecule has 0 aromatic rings. The van der Waals surface area contributed by atoms with Crippen molar-refractivity contribution in [3.05, 3.63) is 0 Å². The van der Waals surface area contributed by atoms with Gasteiger partial charge in [-0.1, -0.05) is 13.8 Å². The van der Waals surface area contributed by atoms with Crippen LogP contribution >= 0.6 is 0 Å². The molecular formula is C12H24N2O2. The molecule has 0 unspecified atom stereocenters. The van der Waals surface area contributed by atoms with Gasteiger partial charge in [-0.25, -0.2) is 0 Å². The van der Waals surface area contributed by atoms with Gasteiger partial charge in [0.2, 0.25) is 0 Å². The largest absolute Gasteiger partial charge is 0.480 e. The number of hydrogen-bond acceptors (Lipinski definition) is 3. The molecule has 1 fully saturated rings. The standard InChI is InChI=1S/C12H24N2O2/c1-11(2)9-14(10-12(15)16)8-7-13-5-3-4-6-13/h11H,3-10H2,1-2H3,(H,15,16). The van der Waals surface area contributed by atoms with Crippen molar-refractivity contribution in [3.8, 4) is 0 Å². The second-order valence-electron chi connectivity index (χ2n) is 5.07. The van der Waals surface area contributed by atoms with Gasteiger partial charge >= 0.3 is 5.97 Å². The first-order valence-electron chi connectivity index (χ1n) is 6.24. The van der Waals surface area contributed by atoms with Crippen molar-refractivity contribution in [1.29, 1.82) is 0 Å². The molecule has 0 radical (unpaired) electrons. The second kappa shape index (κ2) is 6.86. The van der Waals surface area contributed by atoms with Gasteiger partial charge in [0, 0.05) is 19.6 Å². The van der Waals surface area contributed by atoms with E-state index in [2.05, 4.69) is 18.7 Å². The van der Waals surface area contributed by atoms with Gasteiger partial charge in [-0.2, -0.15) is 0 Å². The third-order valence-electron chi connectivity index (χ3n) is 2.91. The molecule has 16 heavy (non-hydrogen) atoms. The van der Waals surface area contributed by atoms with Crippen LogP contribution in [0.5, 0.6) is 0 Å². The summed E-state index contributed by atoms with van der Waals surface area (Å²) in [4.78, 5) is 15.2. The van der Waals surface area contributed by atoms with Crippen LogP contribution in [0.3, 0.4) is 0 Å². The predicted molar refractivity (Wildman–Crippen MR) is 64.6 cm³/mol. The Kier molecular flexibility index (Phi) is 5.77. The molecule has 1 aliphatic rings. The first-order chi connectivity index (χ1) is 7.58. The first-order valence-corrected chi connectivity index (χ1v) is 6.24. The molecule has 0 aromatic heterocycles. The average molecular weight is 228 g/mol. The summed E-state index contributed by atoms with van der Waals surface area (Å²) in [6, 6.07) is 0. The van der Waals surface area contributed by atoms with E-state index < -0.39 is 5.97 Å². The lowest BCUT2D eigenvalue weighted by Crippen LogP contribution is -2.38. The van der Waals surface area contributed by atoms with Gasteiger partial charge < -0.3 is 10.0 Å². The van der Waals surface area contributed by atoms with Crippen LogP contribution in [0.15, 0.2) is 0 Å². The molecule has 1 heterocycles. The van der Waals surface area contributed by atoms with Gasteiger partial charge in [0.15, 0.2) is 0 Å². The van der Waals surface area contributed by atoms with Crippen molar-refractivity contribution in [2.45, 2.75) is 26.7 Å². The normalized spacial score (nSPS) is 17.5. The Morgan fingerprint density at radius 3 is 2.50 bits per heavy atom. The summed E-state index contributed by atoms with van der Waals surface area (Å²) in [5, 5.41) is 8.83. The Morgan fingerprint density at radius 1 is 1.38 bits per heavy atom. The molecule has 94 valence electrons. The average Bonchev–Trinajstić information content (AvgIpc) is 2.64. The number of nitrogens with zero attached hydrogens (tertiary/aromatic N) is 2. The van der Waals surface area contributed by atoms with Gasteiger partial charge in [-0.05, 0) is 31.8 Å². The lowest BCUT2D eigenvalue weighted by Gasteiger charge is -2.25. The maximum atomic E-state index is 10.7. The van der Waals surface area contributed by atoms with Crippen LogP contribution in [0.1, 0.15) is 26.7 Å². The summed E-state index contributed by atoms with van der Waals surface area (Å²) in [5.74, 6) is -0.194. The molecule has 0 spiro atoms. The number of carboxylic acid groups (broad SMARTS) is 1. The Labute approximate surface area is 98.2 Å². The fraction of sp³-hybridized carbons (Fsp3) is 0.917. The highest BCUT2D eigenvalue weighted by molar-refractivity contribution is 5.69. The highest BCUT2D eigenvalue weighted by atomic mass is 16.4. The van der Waals surface area contributed by atoms with Crippen molar-refractivity contribution in [3.63, 3.8) is 0 Å². The molecule has 0 aromatic carbocycles. The fourth-order valence-corrected chi connectivity index (χ4v) is 2.23. The molecule has 1 N–H and O–H groups in total. The van der Waals surface area contributed by atoms with E-state index >= 15 is 0 Å². The number of carbonyl (C=O) groups is 1. The monoisotopic (exact) mass is 228 g/mol. The lowest BCUT2D eigenvalue weighted by atomic mass is 10.2. The third-order valence-corrected chi connectivity index (χ3v) is 2.91. The van der Waals surface area contributed by atoms with Gasteiger partial charge in [-0.3, -0.25) is 9.69 Å². The van der Waals surface area contributed by atoms with Crippen molar-refractivity contribution in [1.82, 2.24) is 9.80 Å². The number of hydrogen-bond donors (Lipinski definition) is 1. The minimum atomic E-state index is -0.720. The van der Waals surface area contributed by atoms with Gasteiger partial charge in [0.1, 0.15) is 0 Å². The first kappa shape index (κ1) is 13.5. The summed E-state index contributed by atoms with van der Waals surface area (Å²) in [7, 11) is 0. The Bertz CT molecular complexity index is 213. The molecule has 0 aliphatic carbocycles. The molecule has 4 heteroatoms. The summed E-state index contributed by atoms with van der Waals surface area (Å²) in [6.45, 7) is 9.57. The molecule has 0 atom stereocenters. The summed E-state index contributed by atoms with van der Waals surface area (Å²) >= 11 is 0. The van der Waals surface area contributed by atoms with Crippen LogP contribution in [-0.2, 0) is 4.79 Å². The number of aliphatic carboxylic acids is 1. The van der Waals surface area contributed by atoms with Gasteiger partial charge in [-0.15, -0.1) is 0 Å². The van der Waals surface area contributed by atoms with E-state index in [-0.39, 0.29) is 6.54 Å². The molecule has 1 saturated heterocycles.